The molecule has 0 saturated carbocycles. The molecule has 0 aromatic heterocycles. The van der Waals surface area contributed by atoms with Gasteiger partial charge >= 0.3 is 0 Å². The van der Waals surface area contributed by atoms with E-state index in [9.17, 15) is 9.59 Å². The van der Waals surface area contributed by atoms with Crippen molar-refractivity contribution in [1.82, 2.24) is 4.90 Å². The van der Waals surface area contributed by atoms with Crippen molar-refractivity contribution in [2.24, 2.45) is 0 Å². The molecule has 0 fully saturated rings. The van der Waals surface area contributed by atoms with Crippen molar-refractivity contribution in [3.8, 4) is 0 Å². The third-order valence-electron chi connectivity index (χ3n) is 6.04. The molecule has 0 bridgehead atoms. The Morgan fingerprint density at radius 2 is 1.47 bits per heavy atom. The van der Waals surface area contributed by atoms with Crippen LogP contribution < -0.4 is 4.90 Å². The average molecular weight is 407 g/mol. The zero-order valence-electron chi connectivity index (χ0n) is 18.4. The Morgan fingerprint density at radius 3 is 2.20 bits per heavy atom. The molecule has 4 nitrogen and oxygen atoms in total. The Labute approximate surface area is 180 Å². The molecule has 0 unspecified atom stereocenters. The predicted octanol–water partition coefficient (Wildman–Crippen LogP) is 5.27. The number of amides is 2. The van der Waals surface area contributed by atoms with Gasteiger partial charge in [0.1, 0.15) is 0 Å². The van der Waals surface area contributed by atoms with Crippen LogP contribution in [0.1, 0.15) is 62.1 Å². The molecule has 3 rings (SSSR count). The maximum atomic E-state index is 13.3. The highest BCUT2D eigenvalue weighted by molar-refractivity contribution is 5.92. The largest absolute Gasteiger partial charge is 0.338 e. The van der Waals surface area contributed by atoms with E-state index in [2.05, 4.69) is 19.1 Å². The highest BCUT2D eigenvalue weighted by atomic mass is 16.2. The second kappa shape index (κ2) is 11.0. The lowest BCUT2D eigenvalue weighted by Gasteiger charge is -2.28. The van der Waals surface area contributed by atoms with Crippen LogP contribution in [0, 0.1) is 6.92 Å². The summed E-state index contributed by atoms with van der Waals surface area (Å²) in [5.74, 6) is 0.221. The SMILES string of the molecule is CC(=O)N1CCCCCCCCN(C(=O)Cc2ccccc2C)Cc2ccccc21. The van der Waals surface area contributed by atoms with Gasteiger partial charge in [0.25, 0.3) is 0 Å². The fourth-order valence-corrected chi connectivity index (χ4v) is 4.22. The predicted molar refractivity (Wildman–Crippen MR) is 122 cm³/mol. The van der Waals surface area contributed by atoms with Crippen molar-refractivity contribution >= 4 is 17.5 Å². The summed E-state index contributed by atoms with van der Waals surface area (Å²) in [7, 11) is 0. The Morgan fingerprint density at radius 1 is 0.833 bits per heavy atom. The summed E-state index contributed by atoms with van der Waals surface area (Å²) < 4.78 is 0. The normalized spacial score (nSPS) is 16.1. The first-order valence-electron chi connectivity index (χ1n) is 11.2. The van der Waals surface area contributed by atoms with Gasteiger partial charge in [0, 0.05) is 32.2 Å². The van der Waals surface area contributed by atoms with Gasteiger partial charge < -0.3 is 9.80 Å². The molecule has 160 valence electrons. The molecule has 0 spiro atoms. The smallest absolute Gasteiger partial charge is 0.227 e. The van der Waals surface area contributed by atoms with Crippen LogP contribution in [0.4, 0.5) is 5.69 Å². The number of hydrogen-bond acceptors (Lipinski definition) is 2. The number of anilines is 1. The number of rotatable bonds is 2. The van der Waals surface area contributed by atoms with Crippen molar-refractivity contribution in [1.29, 1.82) is 0 Å². The standard InChI is InChI=1S/C26H34N2O2/c1-21-13-7-8-14-23(21)19-26(30)27-17-11-5-3-4-6-12-18-28(22(2)29)25-16-10-9-15-24(25)20-27/h7-10,13-16H,3-6,11-12,17-20H2,1-2H3. The van der Waals surface area contributed by atoms with Gasteiger partial charge in [-0.1, -0.05) is 68.1 Å². The zero-order valence-corrected chi connectivity index (χ0v) is 18.4. The van der Waals surface area contributed by atoms with E-state index in [1.165, 1.54) is 12.8 Å². The fraction of sp³-hybridized carbons (Fsp3) is 0.462. The molecule has 0 N–H and O–H groups in total. The number of nitrogens with zero attached hydrogens (tertiary/aromatic N) is 2. The topological polar surface area (TPSA) is 40.6 Å². The molecule has 0 saturated heterocycles. The summed E-state index contributed by atoms with van der Waals surface area (Å²) in [6.45, 7) is 5.74. The molecule has 2 aromatic carbocycles. The molecule has 0 aliphatic carbocycles. The van der Waals surface area contributed by atoms with E-state index >= 15 is 0 Å². The van der Waals surface area contributed by atoms with Gasteiger partial charge in [-0.15, -0.1) is 0 Å². The quantitative estimate of drug-likeness (QED) is 0.681. The Hall–Kier alpha value is -2.62. The molecule has 1 aliphatic rings. The lowest BCUT2D eigenvalue weighted by Crippen LogP contribution is -2.35. The molecular formula is C26H34N2O2. The number of carbonyl (C=O) groups excluding carboxylic acids is 2. The minimum atomic E-state index is 0.0649. The van der Waals surface area contributed by atoms with Gasteiger partial charge in [-0.05, 0) is 42.5 Å². The van der Waals surface area contributed by atoms with Crippen molar-refractivity contribution in [2.75, 3.05) is 18.0 Å². The average Bonchev–Trinajstić information content (AvgIpc) is 2.75. The molecule has 0 radical (unpaired) electrons. The first-order valence-corrected chi connectivity index (χ1v) is 11.2. The van der Waals surface area contributed by atoms with Crippen LogP contribution >= 0.6 is 0 Å². The zero-order chi connectivity index (χ0) is 21.3. The maximum Gasteiger partial charge on any atom is 0.227 e. The van der Waals surface area contributed by atoms with E-state index in [0.29, 0.717) is 13.0 Å². The van der Waals surface area contributed by atoms with Gasteiger partial charge in [-0.2, -0.15) is 0 Å². The Balaban J connectivity index is 1.87. The minimum Gasteiger partial charge on any atom is -0.338 e. The summed E-state index contributed by atoms with van der Waals surface area (Å²) in [5, 5.41) is 0. The van der Waals surface area contributed by atoms with Gasteiger partial charge in [0.05, 0.1) is 6.42 Å². The van der Waals surface area contributed by atoms with Crippen LogP contribution in [-0.4, -0.2) is 29.8 Å². The van der Waals surface area contributed by atoms with E-state index in [1.807, 2.05) is 46.2 Å². The van der Waals surface area contributed by atoms with Crippen LogP contribution in [0.25, 0.3) is 0 Å². The van der Waals surface area contributed by atoms with Crippen LogP contribution in [-0.2, 0) is 22.6 Å². The molecular weight excluding hydrogens is 372 g/mol. The number of para-hydroxylation sites is 1. The lowest BCUT2D eigenvalue weighted by atomic mass is 10.0. The lowest BCUT2D eigenvalue weighted by molar-refractivity contribution is -0.131. The number of aryl methyl sites for hydroxylation is 1. The third kappa shape index (κ3) is 5.94. The second-order valence-corrected chi connectivity index (χ2v) is 8.34. The van der Waals surface area contributed by atoms with Crippen molar-refractivity contribution in [3.05, 3.63) is 65.2 Å². The Bertz CT molecular complexity index is 862. The number of carbonyl (C=O) groups is 2. The van der Waals surface area contributed by atoms with Crippen LogP contribution in [0.3, 0.4) is 0 Å². The molecule has 1 aliphatic heterocycles. The van der Waals surface area contributed by atoms with Crippen molar-refractivity contribution < 1.29 is 9.59 Å². The monoisotopic (exact) mass is 406 g/mol. The fourth-order valence-electron chi connectivity index (χ4n) is 4.22. The summed E-state index contributed by atoms with van der Waals surface area (Å²) >= 11 is 0. The van der Waals surface area contributed by atoms with E-state index in [-0.39, 0.29) is 11.8 Å². The van der Waals surface area contributed by atoms with E-state index < -0.39 is 0 Å². The number of fused-ring (bicyclic) bond motifs is 1. The second-order valence-electron chi connectivity index (χ2n) is 8.34. The van der Waals surface area contributed by atoms with Crippen LogP contribution in [0.5, 0.6) is 0 Å². The molecule has 0 atom stereocenters. The van der Waals surface area contributed by atoms with Gasteiger partial charge in [0.2, 0.25) is 11.8 Å². The molecule has 4 heteroatoms. The van der Waals surface area contributed by atoms with Crippen molar-refractivity contribution in [2.45, 2.75) is 65.3 Å². The van der Waals surface area contributed by atoms with Crippen LogP contribution in [0.15, 0.2) is 48.5 Å². The highest BCUT2D eigenvalue weighted by Gasteiger charge is 2.20. The summed E-state index contributed by atoms with van der Waals surface area (Å²) in [6.07, 6.45) is 7.12. The van der Waals surface area contributed by atoms with E-state index in [4.69, 9.17) is 0 Å². The third-order valence-corrected chi connectivity index (χ3v) is 6.04. The van der Waals surface area contributed by atoms with Gasteiger partial charge in [-0.25, -0.2) is 0 Å². The van der Waals surface area contributed by atoms with Crippen molar-refractivity contribution in [3.63, 3.8) is 0 Å². The molecule has 30 heavy (non-hydrogen) atoms. The Kier molecular flexibility index (Phi) is 8.06. The summed E-state index contributed by atoms with van der Waals surface area (Å²) in [6, 6.07) is 16.2. The number of hydrogen-bond donors (Lipinski definition) is 0. The van der Waals surface area contributed by atoms with E-state index in [1.54, 1.807) is 6.92 Å². The summed E-state index contributed by atoms with van der Waals surface area (Å²) in [4.78, 5) is 29.5. The first kappa shape index (κ1) is 22.1. The first-order chi connectivity index (χ1) is 14.6. The minimum absolute atomic E-state index is 0.0649. The molecule has 2 amide bonds. The maximum absolute atomic E-state index is 13.3. The number of benzene rings is 2. The van der Waals surface area contributed by atoms with Gasteiger partial charge in [0.15, 0.2) is 0 Å². The highest BCUT2D eigenvalue weighted by Crippen LogP contribution is 2.24. The van der Waals surface area contributed by atoms with Gasteiger partial charge in [-0.3, -0.25) is 9.59 Å². The molecule has 2 aromatic rings. The summed E-state index contributed by atoms with van der Waals surface area (Å²) in [5.41, 5.74) is 4.23. The van der Waals surface area contributed by atoms with Crippen LogP contribution in [0.2, 0.25) is 0 Å². The van der Waals surface area contributed by atoms with E-state index in [0.717, 1.165) is 61.2 Å². The molecule has 1 heterocycles.